The Labute approximate surface area is 104 Å². The molecule has 0 amide bonds. The number of carboxylic acids is 1. The molecule has 0 atom stereocenters. The van der Waals surface area contributed by atoms with Gasteiger partial charge in [0.25, 0.3) is 0 Å². The second-order valence-corrected chi connectivity index (χ2v) is 5.09. The summed E-state index contributed by atoms with van der Waals surface area (Å²) in [5, 5.41) is 9.39. The molecule has 1 aliphatic carbocycles. The molecule has 0 heterocycles. The largest absolute Gasteiger partial charge is 0.481 e. The van der Waals surface area contributed by atoms with E-state index in [0.717, 1.165) is 12.8 Å². The Morgan fingerprint density at radius 2 is 2.06 bits per heavy atom. The zero-order valence-electron chi connectivity index (χ0n) is 9.38. The molecule has 4 heteroatoms. The van der Waals surface area contributed by atoms with Gasteiger partial charge in [-0.3, -0.25) is 4.79 Å². The highest BCUT2D eigenvalue weighted by atomic mass is 35.5. The minimum absolute atomic E-state index is 0.0565. The zero-order chi connectivity index (χ0) is 12.5. The maximum Gasteiger partial charge on any atom is 0.309 e. The molecular formula is C13H14ClFO2. The van der Waals surface area contributed by atoms with Crippen molar-refractivity contribution in [2.45, 2.75) is 32.1 Å². The monoisotopic (exact) mass is 256 g/mol. The molecule has 17 heavy (non-hydrogen) atoms. The topological polar surface area (TPSA) is 37.3 Å². The fraction of sp³-hybridized carbons (Fsp3) is 0.462. The highest BCUT2D eigenvalue weighted by Crippen LogP contribution is 2.42. The van der Waals surface area contributed by atoms with Crippen LogP contribution in [0.5, 0.6) is 0 Å². The van der Waals surface area contributed by atoms with Gasteiger partial charge in [-0.2, -0.15) is 0 Å². The lowest BCUT2D eigenvalue weighted by Gasteiger charge is -2.24. The van der Waals surface area contributed by atoms with Gasteiger partial charge in [0.2, 0.25) is 0 Å². The Bertz CT molecular complexity index is 439. The molecule has 2 nitrogen and oxygen atoms in total. The van der Waals surface area contributed by atoms with E-state index in [1.807, 2.05) is 0 Å². The van der Waals surface area contributed by atoms with Crippen LogP contribution < -0.4 is 0 Å². The van der Waals surface area contributed by atoms with Crippen molar-refractivity contribution in [3.8, 4) is 0 Å². The lowest BCUT2D eigenvalue weighted by Crippen LogP contribution is -2.30. The minimum Gasteiger partial charge on any atom is -0.481 e. The third-order valence-electron chi connectivity index (χ3n) is 3.57. The first-order valence-electron chi connectivity index (χ1n) is 5.71. The molecule has 1 saturated carbocycles. The first-order chi connectivity index (χ1) is 8.05. The average molecular weight is 257 g/mol. The summed E-state index contributed by atoms with van der Waals surface area (Å²) in [6.07, 6.45) is 3.26. The van der Waals surface area contributed by atoms with Gasteiger partial charge in [0.05, 0.1) is 10.4 Å². The van der Waals surface area contributed by atoms with Gasteiger partial charge in [-0.1, -0.05) is 36.6 Å². The molecule has 1 N–H and O–H groups in total. The molecule has 0 unspecified atom stereocenters. The molecule has 1 aromatic rings. The standard InChI is InChI=1S/C13H14ClFO2/c14-10-5-3-4-9(11(10)15)8-13(12(16)17)6-1-2-7-13/h3-5H,1-2,6-8H2,(H,16,17). The summed E-state index contributed by atoms with van der Waals surface area (Å²) in [6.45, 7) is 0. The summed E-state index contributed by atoms with van der Waals surface area (Å²) in [4.78, 5) is 11.4. The summed E-state index contributed by atoms with van der Waals surface area (Å²) >= 11 is 5.70. The van der Waals surface area contributed by atoms with E-state index >= 15 is 0 Å². The van der Waals surface area contributed by atoms with E-state index in [-0.39, 0.29) is 11.4 Å². The Morgan fingerprint density at radius 1 is 1.41 bits per heavy atom. The van der Waals surface area contributed by atoms with Crippen LogP contribution in [-0.4, -0.2) is 11.1 Å². The number of aliphatic carboxylic acids is 1. The third-order valence-corrected chi connectivity index (χ3v) is 3.87. The quantitative estimate of drug-likeness (QED) is 0.896. The predicted octanol–water partition coefficient (Wildman–Crippen LogP) is 3.67. The Morgan fingerprint density at radius 3 is 2.65 bits per heavy atom. The van der Waals surface area contributed by atoms with Crippen molar-refractivity contribution in [3.05, 3.63) is 34.6 Å². The van der Waals surface area contributed by atoms with Crippen LogP contribution in [-0.2, 0) is 11.2 Å². The summed E-state index contributed by atoms with van der Waals surface area (Å²) in [6, 6.07) is 4.75. The van der Waals surface area contributed by atoms with Gasteiger partial charge < -0.3 is 5.11 Å². The van der Waals surface area contributed by atoms with Crippen LogP contribution in [0.15, 0.2) is 18.2 Å². The van der Waals surface area contributed by atoms with Crippen molar-refractivity contribution in [2.24, 2.45) is 5.41 Å². The normalized spacial score (nSPS) is 18.2. The van der Waals surface area contributed by atoms with E-state index in [2.05, 4.69) is 0 Å². The first kappa shape index (κ1) is 12.4. The molecule has 0 aromatic heterocycles. The van der Waals surface area contributed by atoms with Gasteiger partial charge in [0.1, 0.15) is 5.82 Å². The number of benzene rings is 1. The van der Waals surface area contributed by atoms with Crippen molar-refractivity contribution < 1.29 is 14.3 Å². The number of carbonyl (C=O) groups is 1. The molecule has 2 rings (SSSR count). The van der Waals surface area contributed by atoms with Crippen LogP contribution in [0, 0.1) is 11.2 Å². The molecular weight excluding hydrogens is 243 g/mol. The van der Waals surface area contributed by atoms with E-state index < -0.39 is 17.2 Å². The molecule has 0 radical (unpaired) electrons. The van der Waals surface area contributed by atoms with Crippen LogP contribution in [0.1, 0.15) is 31.2 Å². The highest BCUT2D eigenvalue weighted by molar-refractivity contribution is 6.30. The first-order valence-corrected chi connectivity index (χ1v) is 6.09. The van der Waals surface area contributed by atoms with Crippen LogP contribution >= 0.6 is 11.6 Å². The maximum atomic E-state index is 13.8. The lowest BCUT2D eigenvalue weighted by atomic mass is 9.80. The Hall–Kier alpha value is -1.09. The Balaban J connectivity index is 2.30. The molecule has 1 aromatic carbocycles. The van der Waals surface area contributed by atoms with Crippen molar-refractivity contribution >= 4 is 17.6 Å². The molecule has 92 valence electrons. The van der Waals surface area contributed by atoms with Gasteiger partial charge in [-0.25, -0.2) is 4.39 Å². The fourth-order valence-corrected chi connectivity index (χ4v) is 2.76. The highest BCUT2D eigenvalue weighted by Gasteiger charge is 2.41. The zero-order valence-corrected chi connectivity index (χ0v) is 10.1. The lowest BCUT2D eigenvalue weighted by molar-refractivity contribution is -0.148. The van der Waals surface area contributed by atoms with Crippen molar-refractivity contribution in [2.75, 3.05) is 0 Å². The van der Waals surface area contributed by atoms with Gasteiger partial charge in [0, 0.05) is 0 Å². The van der Waals surface area contributed by atoms with E-state index in [0.29, 0.717) is 18.4 Å². The summed E-state index contributed by atoms with van der Waals surface area (Å²) in [7, 11) is 0. The van der Waals surface area contributed by atoms with Crippen LogP contribution in [0.4, 0.5) is 4.39 Å². The van der Waals surface area contributed by atoms with Gasteiger partial charge in [-0.05, 0) is 30.9 Å². The van der Waals surface area contributed by atoms with Crippen molar-refractivity contribution in [3.63, 3.8) is 0 Å². The molecule has 0 aliphatic heterocycles. The number of hydrogen-bond donors (Lipinski definition) is 1. The number of rotatable bonds is 3. The number of halogens is 2. The fourth-order valence-electron chi connectivity index (χ4n) is 2.57. The summed E-state index contributed by atoms with van der Waals surface area (Å²) in [5.41, 5.74) is -0.396. The van der Waals surface area contributed by atoms with E-state index in [1.165, 1.54) is 6.07 Å². The van der Waals surface area contributed by atoms with Crippen molar-refractivity contribution in [1.82, 2.24) is 0 Å². The molecule has 1 fully saturated rings. The summed E-state index contributed by atoms with van der Waals surface area (Å²) < 4.78 is 13.8. The van der Waals surface area contributed by atoms with Crippen LogP contribution in [0.25, 0.3) is 0 Å². The SMILES string of the molecule is O=C(O)C1(Cc2cccc(Cl)c2F)CCCC1. The minimum atomic E-state index is -0.825. The number of hydrogen-bond acceptors (Lipinski definition) is 1. The number of carboxylic acid groups (broad SMARTS) is 1. The Kier molecular flexibility index (Phi) is 3.38. The molecule has 0 saturated heterocycles. The van der Waals surface area contributed by atoms with Crippen molar-refractivity contribution in [1.29, 1.82) is 0 Å². The molecule has 0 spiro atoms. The molecule has 1 aliphatic rings. The van der Waals surface area contributed by atoms with E-state index in [4.69, 9.17) is 11.6 Å². The summed E-state index contributed by atoms with van der Waals surface area (Å²) in [5.74, 6) is -1.31. The maximum absolute atomic E-state index is 13.8. The van der Waals surface area contributed by atoms with Crippen LogP contribution in [0.2, 0.25) is 5.02 Å². The second kappa shape index (κ2) is 4.65. The van der Waals surface area contributed by atoms with E-state index in [1.54, 1.807) is 12.1 Å². The predicted molar refractivity (Wildman–Crippen MR) is 63.7 cm³/mol. The molecule has 0 bridgehead atoms. The smallest absolute Gasteiger partial charge is 0.309 e. The van der Waals surface area contributed by atoms with Gasteiger partial charge >= 0.3 is 5.97 Å². The van der Waals surface area contributed by atoms with Gasteiger partial charge in [-0.15, -0.1) is 0 Å². The second-order valence-electron chi connectivity index (χ2n) is 4.68. The average Bonchev–Trinajstić information content (AvgIpc) is 2.75. The third kappa shape index (κ3) is 2.29. The van der Waals surface area contributed by atoms with E-state index in [9.17, 15) is 14.3 Å². The van der Waals surface area contributed by atoms with Gasteiger partial charge in [0.15, 0.2) is 0 Å². The van der Waals surface area contributed by atoms with Crippen LogP contribution in [0.3, 0.4) is 0 Å².